The van der Waals surface area contributed by atoms with Gasteiger partial charge in [-0.1, -0.05) is 26.0 Å². The third-order valence-electron chi connectivity index (χ3n) is 6.91. The average Bonchev–Trinajstić information content (AvgIpc) is 2.95. The molecule has 0 radical (unpaired) electrons. The number of halogens is 2. The fraction of sp³-hybridized carbons (Fsp3) is 0.364. The summed E-state index contributed by atoms with van der Waals surface area (Å²) in [5, 5.41) is 17.0. The van der Waals surface area contributed by atoms with E-state index in [4.69, 9.17) is 5.73 Å². The van der Waals surface area contributed by atoms with Crippen molar-refractivity contribution in [1.29, 1.82) is 0 Å². The lowest BCUT2D eigenvalue weighted by Gasteiger charge is -2.25. The van der Waals surface area contributed by atoms with Gasteiger partial charge in [0.1, 0.15) is 11.6 Å². The van der Waals surface area contributed by atoms with Crippen molar-refractivity contribution in [2.45, 2.75) is 58.7 Å². The van der Waals surface area contributed by atoms with E-state index in [1.54, 1.807) is 48.2 Å². The lowest BCUT2D eigenvalue weighted by molar-refractivity contribution is 0.0755. The number of aryl methyl sites for hydroxylation is 1. The van der Waals surface area contributed by atoms with Crippen LogP contribution in [0.15, 0.2) is 60.7 Å². The Bertz CT molecular complexity index is 1410. The van der Waals surface area contributed by atoms with Gasteiger partial charge >= 0.3 is 0 Å². The molecule has 0 aliphatic heterocycles. The molecular weight excluding hydrogens is 554 g/mol. The minimum absolute atomic E-state index is 0.0179. The molecule has 0 saturated heterocycles. The molecule has 2 atom stereocenters. The van der Waals surface area contributed by atoms with Gasteiger partial charge in [-0.2, -0.15) is 0 Å². The SMILES string of the molecule is CCCN(CCC)C(=O)c1cc(C)cc(C(=O)N[C@@H](Cc2cc(F)cc(F)c2)[C@H](O)CNCc2cccc(C(N)=O)c2)c1. The van der Waals surface area contributed by atoms with E-state index in [1.165, 1.54) is 6.07 Å². The van der Waals surface area contributed by atoms with E-state index in [2.05, 4.69) is 10.6 Å². The predicted octanol–water partition coefficient (Wildman–Crippen LogP) is 4.13. The number of nitrogens with one attached hydrogen (secondary N) is 2. The van der Waals surface area contributed by atoms with Crippen LogP contribution in [0.1, 0.15) is 74.5 Å². The van der Waals surface area contributed by atoms with Gasteiger partial charge in [0.15, 0.2) is 0 Å². The summed E-state index contributed by atoms with van der Waals surface area (Å²) in [5.74, 6) is -2.81. The molecular formula is C33H40F2N4O4. The van der Waals surface area contributed by atoms with Crippen LogP contribution in [-0.4, -0.2) is 59.5 Å². The third kappa shape index (κ3) is 9.97. The number of nitrogens with two attached hydrogens (primary N) is 1. The number of nitrogens with zero attached hydrogens (tertiary/aromatic N) is 1. The number of hydrogen-bond donors (Lipinski definition) is 4. The highest BCUT2D eigenvalue weighted by Gasteiger charge is 2.24. The van der Waals surface area contributed by atoms with Crippen LogP contribution < -0.4 is 16.4 Å². The number of carbonyl (C=O) groups is 3. The Morgan fingerprint density at radius 1 is 0.884 bits per heavy atom. The van der Waals surface area contributed by atoms with E-state index in [-0.39, 0.29) is 30.0 Å². The van der Waals surface area contributed by atoms with E-state index in [0.29, 0.717) is 36.3 Å². The van der Waals surface area contributed by atoms with Gasteiger partial charge in [0.2, 0.25) is 5.91 Å². The second-order valence-corrected chi connectivity index (χ2v) is 10.7. The van der Waals surface area contributed by atoms with Crippen LogP contribution in [0.2, 0.25) is 0 Å². The van der Waals surface area contributed by atoms with Crippen LogP contribution in [0, 0.1) is 18.6 Å². The van der Waals surface area contributed by atoms with Gasteiger partial charge in [-0.25, -0.2) is 8.78 Å². The third-order valence-corrected chi connectivity index (χ3v) is 6.91. The molecule has 0 aromatic heterocycles. The molecule has 0 fully saturated rings. The Kier molecular flexibility index (Phi) is 12.3. The zero-order chi connectivity index (χ0) is 31.5. The topological polar surface area (TPSA) is 125 Å². The van der Waals surface area contributed by atoms with Gasteiger partial charge in [0.05, 0.1) is 12.1 Å². The van der Waals surface area contributed by atoms with Crippen LogP contribution in [0.4, 0.5) is 8.78 Å². The van der Waals surface area contributed by atoms with Crippen LogP contribution in [-0.2, 0) is 13.0 Å². The number of carbonyl (C=O) groups excluding carboxylic acids is 3. The van der Waals surface area contributed by atoms with Crippen molar-refractivity contribution in [3.63, 3.8) is 0 Å². The van der Waals surface area contributed by atoms with E-state index >= 15 is 0 Å². The molecule has 10 heteroatoms. The maximum Gasteiger partial charge on any atom is 0.253 e. The van der Waals surface area contributed by atoms with Gasteiger partial charge in [-0.15, -0.1) is 0 Å². The fourth-order valence-corrected chi connectivity index (χ4v) is 4.93. The zero-order valence-electron chi connectivity index (χ0n) is 24.8. The van der Waals surface area contributed by atoms with Gasteiger partial charge in [-0.3, -0.25) is 14.4 Å². The molecule has 3 aromatic rings. The Morgan fingerprint density at radius 3 is 2.16 bits per heavy atom. The number of rotatable bonds is 15. The summed E-state index contributed by atoms with van der Waals surface area (Å²) >= 11 is 0. The predicted molar refractivity (Wildman–Crippen MR) is 162 cm³/mol. The maximum absolute atomic E-state index is 14.0. The summed E-state index contributed by atoms with van der Waals surface area (Å²) in [4.78, 5) is 39.9. The van der Waals surface area contributed by atoms with Crippen molar-refractivity contribution in [2.75, 3.05) is 19.6 Å². The summed E-state index contributed by atoms with van der Waals surface area (Å²) < 4.78 is 27.9. The molecule has 0 unspecified atom stereocenters. The van der Waals surface area contributed by atoms with Gasteiger partial charge in [0.25, 0.3) is 11.8 Å². The number of aliphatic hydroxyl groups excluding tert-OH is 1. The average molecular weight is 595 g/mol. The largest absolute Gasteiger partial charge is 0.390 e. The van der Waals surface area contributed by atoms with E-state index in [0.717, 1.165) is 36.6 Å². The molecule has 0 bridgehead atoms. The molecule has 0 heterocycles. The summed E-state index contributed by atoms with van der Waals surface area (Å²) in [6.07, 6.45) is 0.384. The summed E-state index contributed by atoms with van der Waals surface area (Å²) in [5.41, 5.74) is 8.05. The molecule has 43 heavy (non-hydrogen) atoms. The Labute approximate surface area is 251 Å². The van der Waals surface area contributed by atoms with Crippen LogP contribution in [0.3, 0.4) is 0 Å². The first-order valence-electron chi connectivity index (χ1n) is 14.4. The van der Waals surface area contributed by atoms with Crippen molar-refractivity contribution in [2.24, 2.45) is 5.73 Å². The summed E-state index contributed by atoms with van der Waals surface area (Å²) in [7, 11) is 0. The van der Waals surface area contributed by atoms with Crippen molar-refractivity contribution >= 4 is 17.7 Å². The number of hydrogen-bond acceptors (Lipinski definition) is 5. The zero-order valence-corrected chi connectivity index (χ0v) is 24.8. The van der Waals surface area contributed by atoms with Crippen LogP contribution >= 0.6 is 0 Å². The molecule has 230 valence electrons. The molecule has 3 amide bonds. The molecule has 5 N–H and O–H groups in total. The summed E-state index contributed by atoms with van der Waals surface area (Å²) in [6, 6.07) is 13.7. The van der Waals surface area contributed by atoms with E-state index in [9.17, 15) is 28.3 Å². The van der Waals surface area contributed by atoms with E-state index in [1.807, 2.05) is 13.8 Å². The number of benzene rings is 3. The fourth-order valence-electron chi connectivity index (χ4n) is 4.93. The van der Waals surface area contributed by atoms with E-state index < -0.39 is 35.6 Å². The lowest BCUT2D eigenvalue weighted by Crippen LogP contribution is -2.48. The van der Waals surface area contributed by atoms with Crippen LogP contribution in [0.25, 0.3) is 0 Å². The summed E-state index contributed by atoms with van der Waals surface area (Å²) in [6.45, 7) is 7.28. The first-order chi connectivity index (χ1) is 20.5. The molecule has 0 saturated carbocycles. The monoisotopic (exact) mass is 594 g/mol. The highest BCUT2D eigenvalue weighted by atomic mass is 19.1. The number of aliphatic hydroxyl groups is 1. The highest BCUT2D eigenvalue weighted by Crippen LogP contribution is 2.16. The molecule has 0 aliphatic carbocycles. The first-order valence-corrected chi connectivity index (χ1v) is 14.4. The maximum atomic E-state index is 14.0. The Hall–Kier alpha value is -4.15. The van der Waals surface area contributed by atoms with Gasteiger partial charge in [0, 0.05) is 48.9 Å². The van der Waals surface area contributed by atoms with Crippen LogP contribution in [0.5, 0.6) is 0 Å². The van der Waals surface area contributed by atoms with Gasteiger partial charge < -0.3 is 26.4 Å². The standard InChI is InChI=1S/C33H40F2N4O4/c1-4-9-39(10-5-2)33(43)26-12-21(3)11-25(17-26)32(42)38-29(16-23-14-27(34)18-28(35)15-23)30(40)20-37-19-22-7-6-8-24(13-22)31(36)41/h6-8,11-15,17-18,29-30,37,40H,4-5,9-10,16,19-20H2,1-3H3,(H2,36,41)(H,38,42)/t29-,30+/m0/s1. The normalized spacial score (nSPS) is 12.4. The van der Waals surface area contributed by atoms with Gasteiger partial charge in [-0.05, 0) is 85.3 Å². The Balaban J connectivity index is 1.81. The Morgan fingerprint density at radius 2 is 1.53 bits per heavy atom. The van der Waals surface area contributed by atoms with Crippen molar-refractivity contribution in [1.82, 2.24) is 15.5 Å². The highest BCUT2D eigenvalue weighted by molar-refractivity contribution is 6.00. The molecule has 0 aliphatic rings. The van der Waals surface area contributed by atoms with Crippen molar-refractivity contribution < 1.29 is 28.3 Å². The molecule has 8 nitrogen and oxygen atoms in total. The molecule has 0 spiro atoms. The lowest BCUT2D eigenvalue weighted by atomic mass is 9.99. The molecule has 3 aromatic carbocycles. The first kappa shape index (κ1) is 33.4. The second-order valence-electron chi connectivity index (χ2n) is 10.7. The number of primary amides is 1. The minimum atomic E-state index is -1.16. The minimum Gasteiger partial charge on any atom is -0.390 e. The smallest absolute Gasteiger partial charge is 0.253 e. The quantitative estimate of drug-likeness (QED) is 0.211. The van der Waals surface area contributed by atoms with Crippen molar-refractivity contribution in [3.05, 3.63) is 106 Å². The van der Waals surface area contributed by atoms with Crippen molar-refractivity contribution in [3.8, 4) is 0 Å². The molecule has 3 rings (SSSR count). The second kappa shape index (κ2) is 15.9. The number of amides is 3.